The summed E-state index contributed by atoms with van der Waals surface area (Å²) in [6.07, 6.45) is 0. The average molecular weight is 258 g/mol. The summed E-state index contributed by atoms with van der Waals surface area (Å²) in [6.45, 7) is 0. The molecule has 0 aromatic rings. The topological polar surface area (TPSA) is 190 Å². The number of rotatable bonds is 3. The first-order valence-corrected chi connectivity index (χ1v) is 4.77. The molecule has 0 radical (unpaired) electrons. The standard InChI is InChI=1S/C12H2N8/c13-1-9(2-14)11(5-17,6-18)12(7-19,8-20)10(3-15)4-16/h9-10H. The number of nitriles is 8. The summed E-state index contributed by atoms with van der Waals surface area (Å²) in [5.41, 5.74) is -5.48. The fourth-order valence-electron chi connectivity index (χ4n) is 1.56. The Morgan fingerprint density at radius 1 is 0.450 bits per heavy atom. The molecule has 0 aromatic heterocycles. The normalized spacial score (nSPS) is 9.50. The molecule has 0 spiro atoms. The van der Waals surface area contributed by atoms with E-state index in [1.807, 2.05) is 0 Å². The molecule has 8 nitrogen and oxygen atoms in total. The zero-order chi connectivity index (χ0) is 15.8. The third kappa shape index (κ3) is 1.70. The lowest BCUT2D eigenvalue weighted by Gasteiger charge is -2.31. The van der Waals surface area contributed by atoms with Gasteiger partial charge in [0.2, 0.25) is 10.8 Å². The van der Waals surface area contributed by atoms with E-state index in [0.29, 0.717) is 0 Å². The monoisotopic (exact) mass is 258 g/mol. The minimum Gasteiger partial charge on any atom is -0.197 e. The van der Waals surface area contributed by atoms with Gasteiger partial charge in [0.25, 0.3) is 0 Å². The summed E-state index contributed by atoms with van der Waals surface area (Å²) in [7, 11) is 0. The largest absolute Gasteiger partial charge is 0.206 e. The second kappa shape index (κ2) is 6.02. The van der Waals surface area contributed by atoms with Gasteiger partial charge in [-0.15, -0.1) is 0 Å². The van der Waals surface area contributed by atoms with Crippen LogP contribution in [0.4, 0.5) is 0 Å². The second-order valence-corrected chi connectivity index (χ2v) is 3.45. The molecule has 0 aliphatic heterocycles. The lowest BCUT2D eigenvalue weighted by molar-refractivity contribution is 0.234. The predicted molar refractivity (Wildman–Crippen MR) is 56.8 cm³/mol. The Hall–Kier alpha value is -4.08. The van der Waals surface area contributed by atoms with Crippen molar-refractivity contribution in [3.8, 4) is 48.6 Å². The van der Waals surface area contributed by atoms with Crippen LogP contribution >= 0.6 is 0 Å². The van der Waals surface area contributed by atoms with E-state index in [0.717, 1.165) is 0 Å². The lowest BCUT2D eigenvalue weighted by Crippen LogP contribution is -2.47. The molecule has 0 saturated heterocycles. The molecule has 0 atom stereocenters. The predicted octanol–water partition coefficient (Wildman–Crippen LogP) is 0.380. The van der Waals surface area contributed by atoms with E-state index in [1.165, 1.54) is 48.6 Å². The summed E-state index contributed by atoms with van der Waals surface area (Å²) in [4.78, 5) is 0. The van der Waals surface area contributed by atoms with Crippen LogP contribution in [0.1, 0.15) is 0 Å². The summed E-state index contributed by atoms with van der Waals surface area (Å²) in [5, 5.41) is 72.0. The molecule has 0 bridgehead atoms. The fourth-order valence-corrected chi connectivity index (χ4v) is 1.56. The molecule has 0 unspecified atom stereocenters. The van der Waals surface area contributed by atoms with Crippen LogP contribution in [0.5, 0.6) is 0 Å². The quantitative estimate of drug-likeness (QED) is 0.692. The third-order valence-corrected chi connectivity index (χ3v) is 2.71. The number of hydrogen-bond acceptors (Lipinski definition) is 8. The molecule has 0 rings (SSSR count). The van der Waals surface area contributed by atoms with Crippen molar-refractivity contribution in [2.45, 2.75) is 0 Å². The van der Waals surface area contributed by atoms with Gasteiger partial charge in [-0.05, 0) is 0 Å². The van der Waals surface area contributed by atoms with E-state index < -0.39 is 22.7 Å². The van der Waals surface area contributed by atoms with Gasteiger partial charge in [0.15, 0.2) is 11.8 Å². The molecule has 0 aromatic carbocycles. The maximum Gasteiger partial charge on any atom is 0.206 e. The van der Waals surface area contributed by atoms with Crippen molar-refractivity contribution in [1.29, 1.82) is 42.1 Å². The molecule has 90 valence electrons. The highest BCUT2D eigenvalue weighted by Gasteiger charge is 2.64. The SMILES string of the molecule is N#CC(C#N)C(C#N)(C#N)C(C#N)(C#N)C(C#N)C#N. The molecule has 0 saturated carbocycles. The van der Waals surface area contributed by atoms with Crippen molar-refractivity contribution in [2.24, 2.45) is 22.7 Å². The average Bonchev–Trinajstić information content (AvgIpc) is 2.50. The molecule has 0 fully saturated rings. The van der Waals surface area contributed by atoms with Gasteiger partial charge in [-0.25, -0.2) is 0 Å². The van der Waals surface area contributed by atoms with Crippen LogP contribution in [-0.2, 0) is 0 Å². The van der Waals surface area contributed by atoms with Crippen molar-refractivity contribution in [3.05, 3.63) is 0 Å². The van der Waals surface area contributed by atoms with Crippen LogP contribution in [0, 0.1) is 113 Å². The summed E-state index contributed by atoms with van der Waals surface area (Å²) < 4.78 is 0. The summed E-state index contributed by atoms with van der Waals surface area (Å²) in [5.74, 6) is -3.94. The van der Waals surface area contributed by atoms with Gasteiger partial charge in [0.1, 0.15) is 0 Å². The molecular formula is C12H2N8. The van der Waals surface area contributed by atoms with Crippen molar-refractivity contribution in [3.63, 3.8) is 0 Å². The Balaban J connectivity index is 6.82. The lowest BCUT2D eigenvalue weighted by atomic mass is 9.56. The smallest absolute Gasteiger partial charge is 0.197 e. The molecule has 0 aliphatic carbocycles. The maximum atomic E-state index is 9.15. The van der Waals surface area contributed by atoms with Crippen LogP contribution < -0.4 is 0 Å². The Morgan fingerprint density at radius 3 is 0.750 bits per heavy atom. The number of hydrogen-bond donors (Lipinski definition) is 0. The maximum absolute atomic E-state index is 9.15. The molecule has 0 heterocycles. The summed E-state index contributed by atoms with van der Waals surface area (Å²) in [6, 6.07) is 10.6. The number of nitrogens with zero attached hydrogens (tertiary/aromatic N) is 8. The van der Waals surface area contributed by atoms with Crippen LogP contribution in [0.15, 0.2) is 0 Å². The molecule has 20 heavy (non-hydrogen) atoms. The second-order valence-electron chi connectivity index (χ2n) is 3.45. The molecule has 0 aliphatic rings. The van der Waals surface area contributed by atoms with Gasteiger partial charge in [0, 0.05) is 0 Å². The molecular weight excluding hydrogens is 256 g/mol. The Labute approximate surface area is 114 Å². The van der Waals surface area contributed by atoms with Gasteiger partial charge in [-0.2, -0.15) is 42.1 Å². The first-order valence-electron chi connectivity index (χ1n) is 4.77. The van der Waals surface area contributed by atoms with Gasteiger partial charge in [0.05, 0.1) is 48.6 Å². The van der Waals surface area contributed by atoms with E-state index >= 15 is 0 Å². The molecule has 0 amide bonds. The van der Waals surface area contributed by atoms with E-state index in [-0.39, 0.29) is 0 Å². The van der Waals surface area contributed by atoms with Crippen LogP contribution in [0.2, 0.25) is 0 Å². The van der Waals surface area contributed by atoms with Crippen molar-refractivity contribution < 1.29 is 0 Å². The molecule has 0 N–H and O–H groups in total. The minimum atomic E-state index is -2.74. The van der Waals surface area contributed by atoms with Gasteiger partial charge < -0.3 is 0 Å². The fraction of sp³-hybridized carbons (Fsp3) is 0.333. The Morgan fingerprint density at radius 2 is 0.650 bits per heavy atom. The van der Waals surface area contributed by atoms with Crippen LogP contribution in [0.25, 0.3) is 0 Å². The van der Waals surface area contributed by atoms with Crippen molar-refractivity contribution >= 4 is 0 Å². The summed E-state index contributed by atoms with van der Waals surface area (Å²) >= 11 is 0. The minimum absolute atomic E-state index is 1.31. The van der Waals surface area contributed by atoms with E-state index in [9.17, 15) is 0 Å². The van der Waals surface area contributed by atoms with Gasteiger partial charge >= 0.3 is 0 Å². The first-order chi connectivity index (χ1) is 9.53. The Bertz CT molecular complexity index is 615. The Kier molecular flexibility index (Phi) is 4.79. The van der Waals surface area contributed by atoms with Crippen LogP contribution in [-0.4, -0.2) is 0 Å². The highest BCUT2D eigenvalue weighted by molar-refractivity contribution is 5.44. The third-order valence-electron chi connectivity index (χ3n) is 2.71. The highest BCUT2D eigenvalue weighted by atomic mass is 14.6. The highest BCUT2D eigenvalue weighted by Crippen LogP contribution is 2.48. The van der Waals surface area contributed by atoms with Gasteiger partial charge in [-0.1, -0.05) is 0 Å². The van der Waals surface area contributed by atoms with Crippen molar-refractivity contribution in [1.82, 2.24) is 0 Å². The first kappa shape index (κ1) is 15.9. The van der Waals surface area contributed by atoms with E-state index in [4.69, 9.17) is 42.1 Å². The van der Waals surface area contributed by atoms with Gasteiger partial charge in [-0.3, -0.25) is 0 Å². The molecule has 8 heteroatoms. The van der Waals surface area contributed by atoms with Crippen LogP contribution in [0.3, 0.4) is 0 Å². The van der Waals surface area contributed by atoms with E-state index in [1.54, 1.807) is 0 Å². The zero-order valence-electron chi connectivity index (χ0n) is 9.73. The van der Waals surface area contributed by atoms with E-state index in [2.05, 4.69) is 0 Å². The van der Waals surface area contributed by atoms with Crippen molar-refractivity contribution in [2.75, 3.05) is 0 Å². The zero-order valence-corrected chi connectivity index (χ0v) is 9.73.